The number of carbonyl (C=O) groups excluding carboxylic acids is 2. The summed E-state index contributed by atoms with van der Waals surface area (Å²) in [4.78, 5) is 23.2. The zero-order chi connectivity index (χ0) is 13.3. The van der Waals surface area contributed by atoms with Gasteiger partial charge in [-0.05, 0) is 5.56 Å². The van der Waals surface area contributed by atoms with Crippen molar-refractivity contribution in [3.8, 4) is 0 Å². The van der Waals surface area contributed by atoms with Crippen molar-refractivity contribution in [1.29, 1.82) is 0 Å². The van der Waals surface area contributed by atoms with Gasteiger partial charge in [0, 0.05) is 6.42 Å². The van der Waals surface area contributed by atoms with Gasteiger partial charge in [-0.2, -0.15) is 5.06 Å². The summed E-state index contributed by atoms with van der Waals surface area (Å²) in [7, 11) is 0. The summed E-state index contributed by atoms with van der Waals surface area (Å²) in [6, 6.07) is 8.57. The Morgan fingerprint density at radius 2 is 1.89 bits per heavy atom. The van der Waals surface area contributed by atoms with Gasteiger partial charge >= 0.3 is 0 Å². The van der Waals surface area contributed by atoms with E-state index in [0.717, 1.165) is 0 Å². The van der Waals surface area contributed by atoms with E-state index in [1.54, 1.807) is 30.3 Å². The second-order valence-corrected chi connectivity index (χ2v) is 4.03. The van der Waals surface area contributed by atoms with Crippen LogP contribution in [0.3, 0.4) is 0 Å². The molecule has 0 bridgehead atoms. The SMILES string of the molecule is C=C1NC(=O)C(O)(Cc2ccccc2)N(O)C1=O. The molecule has 3 N–H and O–H groups in total. The number of nitrogens with one attached hydrogen (secondary N) is 1. The van der Waals surface area contributed by atoms with Crippen molar-refractivity contribution < 1.29 is 19.9 Å². The normalized spacial score (nSPS) is 24.1. The molecule has 1 aromatic rings. The van der Waals surface area contributed by atoms with Crippen molar-refractivity contribution in [1.82, 2.24) is 10.4 Å². The molecule has 18 heavy (non-hydrogen) atoms. The van der Waals surface area contributed by atoms with Crippen LogP contribution in [0.15, 0.2) is 42.6 Å². The van der Waals surface area contributed by atoms with Gasteiger partial charge in [0.2, 0.25) is 5.72 Å². The van der Waals surface area contributed by atoms with Crippen LogP contribution in [0.1, 0.15) is 5.56 Å². The first-order valence-corrected chi connectivity index (χ1v) is 5.25. The Morgan fingerprint density at radius 3 is 2.50 bits per heavy atom. The lowest BCUT2D eigenvalue weighted by Gasteiger charge is -2.37. The molecule has 0 aromatic heterocycles. The summed E-state index contributed by atoms with van der Waals surface area (Å²) in [6.07, 6.45) is -0.213. The van der Waals surface area contributed by atoms with E-state index >= 15 is 0 Å². The maximum absolute atomic E-state index is 11.7. The van der Waals surface area contributed by atoms with Crippen LogP contribution in [0.2, 0.25) is 0 Å². The van der Waals surface area contributed by atoms with E-state index < -0.39 is 17.5 Å². The van der Waals surface area contributed by atoms with Crippen LogP contribution < -0.4 is 5.32 Å². The van der Waals surface area contributed by atoms with Crippen LogP contribution >= 0.6 is 0 Å². The molecule has 2 amide bonds. The third-order valence-electron chi connectivity index (χ3n) is 2.72. The first-order valence-electron chi connectivity index (χ1n) is 5.25. The summed E-state index contributed by atoms with van der Waals surface area (Å²) < 4.78 is 0. The zero-order valence-electron chi connectivity index (χ0n) is 9.46. The molecule has 1 heterocycles. The van der Waals surface area contributed by atoms with Crippen LogP contribution in [0.25, 0.3) is 0 Å². The van der Waals surface area contributed by atoms with Gasteiger partial charge in [-0.1, -0.05) is 36.9 Å². The average molecular weight is 248 g/mol. The Kier molecular flexibility index (Phi) is 2.90. The van der Waals surface area contributed by atoms with E-state index in [9.17, 15) is 19.9 Å². The number of rotatable bonds is 2. The van der Waals surface area contributed by atoms with Gasteiger partial charge in [-0.3, -0.25) is 14.8 Å². The van der Waals surface area contributed by atoms with Crippen molar-refractivity contribution in [2.75, 3.05) is 0 Å². The largest absolute Gasteiger partial charge is 0.361 e. The van der Waals surface area contributed by atoms with Crippen molar-refractivity contribution in [2.45, 2.75) is 12.1 Å². The monoisotopic (exact) mass is 248 g/mol. The summed E-state index contributed by atoms with van der Waals surface area (Å²) in [6.45, 7) is 3.27. The van der Waals surface area contributed by atoms with E-state index in [1.165, 1.54) is 0 Å². The summed E-state index contributed by atoms with van der Waals surface area (Å²) in [5.74, 6) is -1.83. The van der Waals surface area contributed by atoms with Gasteiger partial charge in [0.1, 0.15) is 5.70 Å². The third-order valence-corrected chi connectivity index (χ3v) is 2.72. The van der Waals surface area contributed by atoms with Gasteiger partial charge in [0.05, 0.1) is 0 Å². The average Bonchev–Trinajstić information content (AvgIpc) is 2.36. The number of hydroxylamine groups is 2. The minimum Gasteiger partial charge on any atom is -0.361 e. The fourth-order valence-corrected chi connectivity index (χ4v) is 1.72. The molecule has 1 unspecified atom stereocenters. The Bertz CT molecular complexity index is 514. The van der Waals surface area contributed by atoms with Crippen molar-refractivity contribution in [3.63, 3.8) is 0 Å². The Morgan fingerprint density at radius 1 is 1.28 bits per heavy atom. The number of carbonyl (C=O) groups is 2. The second kappa shape index (κ2) is 4.25. The summed E-state index contributed by atoms with van der Waals surface area (Å²) >= 11 is 0. The first kappa shape index (κ1) is 12.3. The fraction of sp³-hybridized carbons (Fsp3) is 0.167. The number of piperazine rings is 1. The molecule has 0 radical (unpaired) electrons. The Labute approximate surface area is 103 Å². The van der Waals surface area contributed by atoms with E-state index in [0.29, 0.717) is 5.56 Å². The molecule has 1 aliphatic rings. The van der Waals surface area contributed by atoms with Crippen LogP contribution in [0.5, 0.6) is 0 Å². The second-order valence-electron chi connectivity index (χ2n) is 4.03. The summed E-state index contributed by atoms with van der Waals surface area (Å²) in [5, 5.41) is 21.9. The van der Waals surface area contributed by atoms with E-state index in [-0.39, 0.29) is 17.2 Å². The van der Waals surface area contributed by atoms with Crippen molar-refractivity contribution in [3.05, 3.63) is 48.2 Å². The molecule has 2 rings (SSSR count). The van der Waals surface area contributed by atoms with Gasteiger partial charge < -0.3 is 10.4 Å². The van der Waals surface area contributed by atoms with Crippen molar-refractivity contribution in [2.24, 2.45) is 0 Å². The lowest BCUT2D eigenvalue weighted by molar-refractivity contribution is -0.247. The highest BCUT2D eigenvalue weighted by molar-refractivity contribution is 6.04. The minimum absolute atomic E-state index is 0.0150. The highest BCUT2D eigenvalue weighted by atomic mass is 16.6. The third kappa shape index (κ3) is 1.87. The molecule has 0 aliphatic carbocycles. The molecule has 0 saturated carbocycles. The number of hydrogen-bond donors (Lipinski definition) is 3. The fourth-order valence-electron chi connectivity index (χ4n) is 1.72. The molecule has 6 heteroatoms. The number of benzene rings is 1. The molecular weight excluding hydrogens is 236 g/mol. The molecule has 1 fully saturated rings. The number of nitrogens with zero attached hydrogens (tertiary/aromatic N) is 1. The van der Waals surface area contributed by atoms with Crippen LogP contribution in [-0.2, 0) is 16.0 Å². The predicted molar refractivity (Wildman–Crippen MR) is 61.0 cm³/mol. The van der Waals surface area contributed by atoms with Crippen LogP contribution in [0, 0.1) is 0 Å². The Hall–Kier alpha value is -2.18. The van der Waals surface area contributed by atoms with Gasteiger partial charge in [-0.25, -0.2) is 0 Å². The molecule has 94 valence electrons. The number of aliphatic hydroxyl groups is 1. The van der Waals surface area contributed by atoms with E-state index in [2.05, 4.69) is 11.9 Å². The molecule has 1 aliphatic heterocycles. The molecule has 6 nitrogen and oxygen atoms in total. The predicted octanol–water partition coefficient (Wildman–Crippen LogP) is -0.221. The highest BCUT2D eigenvalue weighted by Gasteiger charge is 2.49. The lowest BCUT2D eigenvalue weighted by atomic mass is 9.99. The zero-order valence-corrected chi connectivity index (χ0v) is 9.46. The highest BCUT2D eigenvalue weighted by Crippen LogP contribution is 2.22. The van der Waals surface area contributed by atoms with E-state index in [4.69, 9.17) is 0 Å². The summed E-state index contributed by atoms with van der Waals surface area (Å²) in [5.41, 5.74) is -1.99. The van der Waals surface area contributed by atoms with E-state index in [1.807, 2.05) is 0 Å². The number of amides is 2. The maximum Gasteiger partial charge on any atom is 0.296 e. The quantitative estimate of drug-likeness (QED) is 0.498. The minimum atomic E-state index is -2.32. The van der Waals surface area contributed by atoms with Gasteiger partial charge in [-0.15, -0.1) is 0 Å². The molecular formula is C12H12N2O4. The molecule has 1 atom stereocenters. The van der Waals surface area contributed by atoms with Crippen molar-refractivity contribution >= 4 is 11.8 Å². The van der Waals surface area contributed by atoms with Gasteiger partial charge in [0.15, 0.2) is 0 Å². The first-order chi connectivity index (χ1) is 8.45. The molecule has 1 saturated heterocycles. The Balaban J connectivity index is 2.31. The molecule has 0 spiro atoms. The maximum atomic E-state index is 11.7. The standard InChI is InChI=1S/C12H12N2O4/c1-8-10(15)14(18)12(17,11(16)13-8)7-9-5-3-2-4-6-9/h2-6,17-18H,1,7H2,(H,13,16). The van der Waals surface area contributed by atoms with Crippen LogP contribution in [0.4, 0.5) is 0 Å². The van der Waals surface area contributed by atoms with Gasteiger partial charge in [0.25, 0.3) is 11.8 Å². The lowest BCUT2D eigenvalue weighted by Crippen LogP contribution is -2.66. The van der Waals surface area contributed by atoms with Crippen LogP contribution in [-0.4, -0.2) is 32.9 Å². The molecule has 1 aromatic carbocycles. The topological polar surface area (TPSA) is 89.9 Å². The smallest absolute Gasteiger partial charge is 0.296 e. The number of hydrogen-bond acceptors (Lipinski definition) is 4.